The normalized spacial score (nSPS) is 10.9. The van der Waals surface area contributed by atoms with Crippen LogP contribution in [0.25, 0.3) is 16.3 Å². The number of nitro benzene ring substituents is 1. The first-order chi connectivity index (χ1) is 12.0. The molecule has 0 aliphatic rings. The Morgan fingerprint density at radius 1 is 1.32 bits per heavy atom. The number of thiazole rings is 1. The van der Waals surface area contributed by atoms with Crippen molar-refractivity contribution < 1.29 is 14.5 Å². The molecule has 3 aromatic rings. The lowest BCUT2D eigenvalue weighted by atomic mass is 10.2. The predicted molar refractivity (Wildman–Crippen MR) is 96.9 cm³/mol. The Hall–Kier alpha value is -3.26. The van der Waals surface area contributed by atoms with Gasteiger partial charge in [-0.25, -0.2) is 4.98 Å². The van der Waals surface area contributed by atoms with E-state index >= 15 is 0 Å². The molecule has 0 atom stereocenters. The summed E-state index contributed by atoms with van der Waals surface area (Å²) < 4.78 is 6.06. The van der Waals surface area contributed by atoms with Gasteiger partial charge in [-0.3, -0.25) is 20.2 Å². The van der Waals surface area contributed by atoms with Crippen molar-refractivity contribution in [2.24, 2.45) is 0 Å². The molecule has 0 bridgehead atoms. The molecule has 0 aliphatic carbocycles. The first-order valence-corrected chi connectivity index (χ1v) is 8.05. The summed E-state index contributed by atoms with van der Waals surface area (Å²) in [7, 11) is 1.59. The molecule has 0 saturated carbocycles. The van der Waals surface area contributed by atoms with Crippen LogP contribution >= 0.6 is 11.3 Å². The van der Waals surface area contributed by atoms with Gasteiger partial charge in [0.25, 0.3) is 5.69 Å². The summed E-state index contributed by atoms with van der Waals surface area (Å²) in [6.45, 7) is 0. The van der Waals surface area contributed by atoms with Crippen molar-refractivity contribution in [3.8, 4) is 5.75 Å². The Morgan fingerprint density at radius 3 is 2.92 bits per heavy atom. The zero-order valence-corrected chi connectivity index (χ0v) is 13.9. The van der Waals surface area contributed by atoms with E-state index in [1.54, 1.807) is 25.3 Å². The van der Waals surface area contributed by atoms with Gasteiger partial charge in [0.1, 0.15) is 5.75 Å². The second kappa shape index (κ2) is 7.10. The number of anilines is 1. The number of ether oxygens (including phenoxy) is 1. The molecule has 0 aliphatic heterocycles. The van der Waals surface area contributed by atoms with E-state index in [-0.39, 0.29) is 11.6 Å². The summed E-state index contributed by atoms with van der Waals surface area (Å²) in [5, 5.41) is 13.9. The first-order valence-electron chi connectivity index (χ1n) is 7.23. The van der Waals surface area contributed by atoms with Gasteiger partial charge in [-0.2, -0.15) is 0 Å². The van der Waals surface area contributed by atoms with Gasteiger partial charge >= 0.3 is 0 Å². The van der Waals surface area contributed by atoms with Gasteiger partial charge in [-0.15, -0.1) is 0 Å². The lowest BCUT2D eigenvalue weighted by Gasteiger charge is -1.96. The fourth-order valence-electron chi connectivity index (χ4n) is 2.15. The molecule has 1 aromatic heterocycles. The van der Waals surface area contributed by atoms with E-state index in [9.17, 15) is 14.9 Å². The van der Waals surface area contributed by atoms with Crippen molar-refractivity contribution in [3.63, 3.8) is 0 Å². The predicted octanol–water partition coefficient (Wildman–Crippen LogP) is 3.87. The molecule has 8 heteroatoms. The molecule has 126 valence electrons. The number of carbonyl (C=O) groups excluding carboxylic acids is 1. The number of aromatic nitrogens is 1. The van der Waals surface area contributed by atoms with Crippen molar-refractivity contribution in [2.45, 2.75) is 0 Å². The van der Waals surface area contributed by atoms with E-state index in [0.29, 0.717) is 10.7 Å². The number of fused-ring (bicyclic) bond motifs is 1. The molecular formula is C17H13N3O4S. The van der Waals surface area contributed by atoms with Crippen molar-refractivity contribution >= 4 is 44.4 Å². The monoisotopic (exact) mass is 355 g/mol. The summed E-state index contributed by atoms with van der Waals surface area (Å²) in [5.41, 5.74) is 1.31. The van der Waals surface area contributed by atoms with Crippen LogP contribution in [0.3, 0.4) is 0 Å². The maximum absolute atomic E-state index is 12.0. The van der Waals surface area contributed by atoms with Crippen LogP contribution in [-0.2, 0) is 4.79 Å². The standard InChI is InChI=1S/C17H13N3O4S/c1-24-13-6-7-14-15(10-13)25-17(18-14)19-16(21)8-5-11-3-2-4-12(9-11)20(22)23/h2-10H,1H3,(H,18,19,21). The molecular weight excluding hydrogens is 342 g/mol. The molecule has 3 rings (SSSR count). The van der Waals surface area contributed by atoms with Crippen molar-refractivity contribution in [1.82, 2.24) is 4.98 Å². The van der Waals surface area contributed by atoms with Gasteiger partial charge in [0.2, 0.25) is 5.91 Å². The summed E-state index contributed by atoms with van der Waals surface area (Å²) in [4.78, 5) is 26.6. The highest BCUT2D eigenvalue weighted by atomic mass is 32.1. The zero-order chi connectivity index (χ0) is 17.8. The third-order valence-corrected chi connectivity index (χ3v) is 4.27. The smallest absolute Gasteiger partial charge is 0.270 e. The summed E-state index contributed by atoms with van der Waals surface area (Å²) in [6, 6.07) is 11.5. The van der Waals surface area contributed by atoms with E-state index in [1.807, 2.05) is 12.1 Å². The van der Waals surface area contributed by atoms with Gasteiger partial charge in [0.15, 0.2) is 5.13 Å². The summed E-state index contributed by atoms with van der Waals surface area (Å²) in [6.07, 6.45) is 2.82. The van der Waals surface area contributed by atoms with Gasteiger partial charge in [-0.05, 0) is 29.8 Å². The molecule has 1 amide bonds. The molecule has 25 heavy (non-hydrogen) atoms. The van der Waals surface area contributed by atoms with Crippen molar-refractivity contribution in [2.75, 3.05) is 12.4 Å². The van der Waals surface area contributed by atoms with Crippen LogP contribution in [0.1, 0.15) is 5.56 Å². The van der Waals surface area contributed by atoms with Crippen LogP contribution < -0.4 is 10.1 Å². The van der Waals surface area contributed by atoms with Crippen LogP contribution in [0.5, 0.6) is 5.75 Å². The number of hydrogen-bond donors (Lipinski definition) is 1. The highest BCUT2D eigenvalue weighted by Crippen LogP contribution is 2.29. The van der Waals surface area contributed by atoms with Crippen LogP contribution in [0.4, 0.5) is 10.8 Å². The Kier molecular flexibility index (Phi) is 4.71. The van der Waals surface area contributed by atoms with Crippen molar-refractivity contribution in [1.29, 1.82) is 0 Å². The summed E-state index contributed by atoms with van der Waals surface area (Å²) in [5.74, 6) is 0.358. The number of carbonyl (C=O) groups is 1. The number of nitro groups is 1. The minimum absolute atomic E-state index is 0.0253. The molecule has 0 radical (unpaired) electrons. The number of amides is 1. The largest absolute Gasteiger partial charge is 0.497 e. The third-order valence-electron chi connectivity index (χ3n) is 3.33. The maximum Gasteiger partial charge on any atom is 0.270 e. The zero-order valence-electron chi connectivity index (χ0n) is 13.1. The summed E-state index contributed by atoms with van der Waals surface area (Å²) >= 11 is 1.34. The molecule has 0 fully saturated rings. The molecule has 0 saturated heterocycles. The van der Waals surface area contributed by atoms with Crippen LogP contribution in [0.15, 0.2) is 48.5 Å². The highest BCUT2D eigenvalue weighted by molar-refractivity contribution is 7.22. The second-order valence-corrected chi connectivity index (χ2v) is 6.06. The molecule has 1 heterocycles. The number of methoxy groups -OCH3 is 1. The van der Waals surface area contributed by atoms with E-state index < -0.39 is 4.92 Å². The van der Waals surface area contributed by atoms with E-state index in [2.05, 4.69) is 10.3 Å². The molecule has 0 unspecified atom stereocenters. The number of non-ortho nitro benzene ring substituents is 1. The number of hydrogen-bond acceptors (Lipinski definition) is 6. The fraction of sp³-hybridized carbons (Fsp3) is 0.0588. The lowest BCUT2D eigenvalue weighted by Crippen LogP contribution is -2.07. The van der Waals surface area contributed by atoms with Crippen LogP contribution in [0, 0.1) is 10.1 Å². The maximum atomic E-state index is 12.0. The number of nitrogens with one attached hydrogen (secondary N) is 1. The SMILES string of the molecule is COc1ccc2nc(NC(=O)C=Cc3cccc([N+](=O)[O-])c3)sc2c1. The molecule has 1 N–H and O–H groups in total. The first kappa shape index (κ1) is 16.6. The highest BCUT2D eigenvalue weighted by Gasteiger charge is 2.08. The minimum atomic E-state index is -0.479. The Morgan fingerprint density at radius 2 is 2.16 bits per heavy atom. The average Bonchev–Trinajstić information content (AvgIpc) is 3.01. The molecule has 2 aromatic carbocycles. The Bertz CT molecular complexity index is 981. The van der Waals surface area contributed by atoms with Gasteiger partial charge < -0.3 is 4.74 Å². The number of nitrogens with zero attached hydrogens (tertiary/aromatic N) is 2. The second-order valence-electron chi connectivity index (χ2n) is 5.03. The average molecular weight is 355 g/mol. The van der Waals surface area contributed by atoms with Crippen LogP contribution in [-0.4, -0.2) is 22.9 Å². The van der Waals surface area contributed by atoms with E-state index in [0.717, 1.165) is 16.0 Å². The van der Waals surface area contributed by atoms with Gasteiger partial charge in [0, 0.05) is 18.2 Å². The van der Waals surface area contributed by atoms with Gasteiger partial charge in [-0.1, -0.05) is 23.5 Å². The Labute approximate surface area is 146 Å². The van der Waals surface area contributed by atoms with E-state index in [4.69, 9.17) is 4.74 Å². The molecule has 7 nitrogen and oxygen atoms in total. The number of rotatable bonds is 5. The molecule has 0 spiro atoms. The fourth-order valence-corrected chi connectivity index (χ4v) is 3.04. The van der Waals surface area contributed by atoms with Crippen molar-refractivity contribution in [3.05, 3.63) is 64.2 Å². The quantitative estimate of drug-likeness (QED) is 0.426. The minimum Gasteiger partial charge on any atom is -0.497 e. The Balaban J connectivity index is 1.72. The lowest BCUT2D eigenvalue weighted by molar-refractivity contribution is -0.384. The van der Waals surface area contributed by atoms with Crippen LogP contribution in [0.2, 0.25) is 0 Å². The van der Waals surface area contributed by atoms with E-state index in [1.165, 1.54) is 35.6 Å². The third kappa shape index (κ3) is 3.99. The van der Waals surface area contributed by atoms with Gasteiger partial charge in [0.05, 0.1) is 22.2 Å². The topological polar surface area (TPSA) is 94.4 Å². The number of benzene rings is 2.